The van der Waals surface area contributed by atoms with E-state index in [2.05, 4.69) is 72.8 Å². The van der Waals surface area contributed by atoms with Gasteiger partial charge in [-0.05, 0) is 42.4 Å². The predicted molar refractivity (Wildman–Crippen MR) is 149 cm³/mol. The van der Waals surface area contributed by atoms with Crippen LogP contribution in [-0.4, -0.2) is 9.55 Å². The summed E-state index contributed by atoms with van der Waals surface area (Å²) in [7, 11) is 0. The molecule has 3 aromatic carbocycles. The van der Waals surface area contributed by atoms with Crippen LogP contribution >= 0.6 is 11.8 Å². The second kappa shape index (κ2) is 10.1. The van der Waals surface area contributed by atoms with Crippen molar-refractivity contribution in [3.05, 3.63) is 118 Å². The first-order valence-corrected chi connectivity index (χ1v) is 14.2. The molecule has 0 amide bonds. The Morgan fingerprint density at radius 3 is 2.22 bits per heavy atom. The molecule has 0 radical (unpaired) electrons. The zero-order valence-corrected chi connectivity index (χ0v) is 21.5. The van der Waals surface area contributed by atoms with E-state index in [4.69, 9.17) is 4.98 Å². The Morgan fingerprint density at radius 2 is 1.47 bits per heavy atom. The molecule has 1 heterocycles. The molecule has 4 aromatic rings. The minimum atomic E-state index is -0.0802. The van der Waals surface area contributed by atoms with E-state index < -0.39 is 0 Å². The second-order valence-electron chi connectivity index (χ2n) is 10.3. The zero-order chi connectivity index (χ0) is 24.4. The number of fused-ring (bicyclic) bond motifs is 4. The van der Waals surface area contributed by atoms with Gasteiger partial charge in [-0.25, -0.2) is 4.98 Å². The number of nitrogens with zero attached hydrogens (tertiary/aromatic N) is 2. The number of aromatic nitrogens is 2. The van der Waals surface area contributed by atoms with Crippen molar-refractivity contribution in [2.75, 3.05) is 0 Å². The first-order valence-electron chi connectivity index (χ1n) is 13.2. The molecule has 4 heteroatoms. The summed E-state index contributed by atoms with van der Waals surface area (Å²) in [5, 5.41) is 0.834. The summed E-state index contributed by atoms with van der Waals surface area (Å²) in [6.07, 6.45) is 7.59. The largest absolute Gasteiger partial charge is 0.287 e. The third kappa shape index (κ3) is 4.43. The number of benzene rings is 3. The quantitative estimate of drug-likeness (QED) is 0.211. The van der Waals surface area contributed by atoms with Gasteiger partial charge in [0.15, 0.2) is 5.16 Å². The van der Waals surface area contributed by atoms with Gasteiger partial charge in [0.2, 0.25) is 0 Å². The SMILES string of the molecule is O=c1c2c(nc(SCc3ccccc3)n1CCc1ccccc1)-c1ccccc1CC21CCCCC1. The van der Waals surface area contributed by atoms with E-state index in [9.17, 15) is 4.79 Å². The predicted octanol–water partition coefficient (Wildman–Crippen LogP) is 7.20. The van der Waals surface area contributed by atoms with Gasteiger partial charge < -0.3 is 0 Å². The normalized spacial score (nSPS) is 15.9. The molecule has 0 atom stereocenters. The van der Waals surface area contributed by atoms with Crippen LogP contribution in [0, 0.1) is 0 Å². The van der Waals surface area contributed by atoms with Crippen LogP contribution in [0.1, 0.15) is 54.4 Å². The Hall–Kier alpha value is -3.11. The molecule has 0 aliphatic heterocycles. The van der Waals surface area contributed by atoms with E-state index in [1.165, 1.54) is 36.0 Å². The molecule has 1 saturated carbocycles. The first-order chi connectivity index (χ1) is 17.7. The number of aryl methyl sites for hydroxylation is 1. The van der Waals surface area contributed by atoms with Crippen molar-refractivity contribution >= 4 is 11.8 Å². The lowest BCUT2D eigenvalue weighted by Crippen LogP contribution is -2.43. The summed E-state index contributed by atoms with van der Waals surface area (Å²) in [6, 6.07) is 29.6. The van der Waals surface area contributed by atoms with Crippen LogP contribution in [-0.2, 0) is 30.6 Å². The zero-order valence-electron chi connectivity index (χ0n) is 20.7. The highest BCUT2D eigenvalue weighted by Gasteiger charge is 2.43. The minimum Gasteiger partial charge on any atom is -0.287 e. The number of hydrogen-bond donors (Lipinski definition) is 0. The molecular weight excluding hydrogens is 460 g/mol. The molecule has 182 valence electrons. The molecule has 1 aromatic heterocycles. The molecule has 0 unspecified atom stereocenters. The number of hydrogen-bond acceptors (Lipinski definition) is 3. The highest BCUT2D eigenvalue weighted by Crippen LogP contribution is 2.48. The fourth-order valence-electron chi connectivity index (χ4n) is 6.14. The molecule has 6 rings (SSSR count). The summed E-state index contributed by atoms with van der Waals surface area (Å²) >= 11 is 1.68. The lowest BCUT2D eigenvalue weighted by molar-refractivity contribution is 0.282. The van der Waals surface area contributed by atoms with Crippen molar-refractivity contribution in [3.63, 3.8) is 0 Å². The molecule has 3 nitrogen and oxygen atoms in total. The van der Waals surface area contributed by atoms with E-state index in [1.807, 2.05) is 16.7 Å². The van der Waals surface area contributed by atoms with E-state index in [-0.39, 0.29) is 11.0 Å². The average Bonchev–Trinajstić information content (AvgIpc) is 2.93. The molecule has 1 spiro atoms. The molecule has 0 N–H and O–H groups in total. The lowest BCUT2D eigenvalue weighted by atomic mass is 9.62. The highest BCUT2D eigenvalue weighted by molar-refractivity contribution is 7.98. The third-order valence-corrected chi connectivity index (χ3v) is 9.00. The highest BCUT2D eigenvalue weighted by atomic mass is 32.2. The summed E-state index contributed by atoms with van der Waals surface area (Å²) in [4.78, 5) is 19.8. The van der Waals surface area contributed by atoms with Gasteiger partial charge in [-0.2, -0.15) is 0 Å². The summed E-state index contributed by atoms with van der Waals surface area (Å²) in [6.45, 7) is 0.651. The third-order valence-electron chi connectivity index (χ3n) is 7.95. The average molecular weight is 493 g/mol. The van der Waals surface area contributed by atoms with E-state index in [1.54, 1.807) is 11.8 Å². The summed E-state index contributed by atoms with van der Waals surface area (Å²) in [5.41, 5.74) is 7.02. The van der Waals surface area contributed by atoms with Crippen LogP contribution in [0.25, 0.3) is 11.3 Å². The van der Waals surface area contributed by atoms with Crippen LogP contribution < -0.4 is 5.56 Å². The van der Waals surface area contributed by atoms with Crippen LogP contribution in [0.4, 0.5) is 0 Å². The van der Waals surface area contributed by atoms with Gasteiger partial charge in [0, 0.05) is 23.3 Å². The Morgan fingerprint density at radius 1 is 0.806 bits per heavy atom. The standard InChI is InChI=1S/C32H32N2OS/c35-30-28-29(27-17-9-8-16-26(27)22-32(28)19-10-3-11-20-32)33-31(36-23-25-14-6-2-7-15-25)34(30)21-18-24-12-4-1-5-13-24/h1-2,4-9,12-17H,3,10-11,18-23H2. The molecule has 1 fully saturated rings. The molecule has 2 aliphatic rings. The van der Waals surface area contributed by atoms with Gasteiger partial charge >= 0.3 is 0 Å². The van der Waals surface area contributed by atoms with Gasteiger partial charge in [0.1, 0.15) is 0 Å². The van der Waals surface area contributed by atoms with Crippen LogP contribution in [0.5, 0.6) is 0 Å². The smallest absolute Gasteiger partial charge is 0.258 e. The van der Waals surface area contributed by atoms with E-state index >= 15 is 0 Å². The van der Waals surface area contributed by atoms with Gasteiger partial charge in [0.05, 0.1) is 11.3 Å². The Bertz CT molecular complexity index is 1410. The molecule has 36 heavy (non-hydrogen) atoms. The number of rotatable bonds is 6. The first kappa shape index (κ1) is 23.3. The monoisotopic (exact) mass is 492 g/mol. The molecule has 2 aliphatic carbocycles. The Kier molecular flexibility index (Phi) is 6.54. The summed E-state index contributed by atoms with van der Waals surface area (Å²) < 4.78 is 1.99. The fraction of sp³-hybridized carbons (Fsp3) is 0.312. The molecular formula is C32H32N2OS. The number of thioether (sulfide) groups is 1. The van der Waals surface area contributed by atoms with Gasteiger partial charge in [-0.15, -0.1) is 0 Å². The van der Waals surface area contributed by atoms with E-state index in [0.29, 0.717) is 6.54 Å². The van der Waals surface area contributed by atoms with Crippen molar-refractivity contribution in [3.8, 4) is 11.3 Å². The van der Waals surface area contributed by atoms with Crippen molar-refractivity contribution < 1.29 is 0 Å². The maximum Gasteiger partial charge on any atom is 0.258 e. The van der Waals surface area contributed by atoms with Crippen molar-refractivity contribution in [1.29, 1.82) is 0 Å². The summed E-state index contributed by atoms with van der Waals surface area (Å²) in [5.74, 6) is 0.796. The van der Waals surface area contributed by atoms with Crippen molar-refractivity contribution in [2.45, 2.75) is 67.8 Å². The molecule has 0 saturated heterocycles. The fourth-order valence-corrected chi connectivity index (χ4v) is 7.11. The van der Waals surface area contributed by atoms with E-state index in [0.717, 1.165) is 53.4 Å². The van der Waals surface area contributed by atoms with Crippen molar-refractivity contribution in [2.24, 2.45) is 0 Å². The minimum absolute atomic E-state index is 0.0802. The Labute approximate surface area is 217 Å². The molecule has 0 bridgehead atoms. The Balaban J connectivity index is 1.48. The lowest BCUT2D eigenvalue weighted by Gasteiger charge is -2.42. The van der Waals surface area contributed by atoms with Crippen LogP contribution in [0.2, 0.25) is 0 Å². The van der Waals surface area contributed by atoms with Crippen molar-refractivity contribution in [1.82, 2.24) is 9.55 Å². The van der Waals surface area contributed by atoms with Crippen LogP contribution in [0.15, 0.2) is 94.9 Å². The topological polar surface area (TPSA) is 34.9 Å². The van der Waals surface area contributed by atoms with Gasteiger partial charge in [0.25, 0.3) is 5.56 Å². The van der Waals surface area contributed by atoms with Gasteiger partial charge in [-0.3, -0.25) is 9.36 Å². The van der Waals surface area contributed by atoms with Gasteiger partial charge in [-0.1, -0.05) is 116 Å². The maximum absolute atomic E-state index is 14.5. The maximum atomic E-state index is 14.5. The second-order valence-corrected chi connectivity index (χ2v) is 11.2. The van der Waals surface area contributed by atoms with Crippen LogP contribution in [0.3, 0.4) is 0 Å².